The maximum atomic E-state index is 13.0. The zero-order valence-electron chi connectivity index (χ0n) is 10.7. The molecule has 0 unspecified atom stereocenters. The van der Waals surface area contributed by atoms with Crippen LogP contribution in [0.5, 0.6) is 0 Å². The van der Waals surface area contributed by atoms with Crippen molar-refractivity contribution in [1.29, 1.82) is 0 Å². The summed E-state index contributed by atoms with van der Waals surface area (Å²) < 4.78 is 13.0. The number of nitrogens with zero attached hydrogens (tertiary/aromatic N) is 1. The number of benzene rings is 2. The van der Waals surface area contributed by atoms with Gasteiger partial charge in [0.1, 0.15) is 5.82 Å². The summed E-state index contributed by atoms with van der Waals surface area (Å²) in [4.78, 5) is 2.06. The molecule has 0 aromatic heterocycles. The molecular formula is C15H16ClFN2. The standard InChI is InChI=1S/C15H16ClFN2/c1-2-19(12-8-6-11(17)7-9-12)15-5-3-4-14(16)13(15)10-18/h3-9H,2,10,18H2,1H3. The first kappa shape index (κ1) is 13.8. The molecule has 2 nitrogen and oxygen atoms in total. The van der Waals surface area contributed by atoms with Crippen LogP contribution < -0.4 is 10.6 Å². The summed E-state index contributed by atoms with van der Waals surface area (Å²) in [7, 11) is 0. The number of hydrogen-bond acceptors (Lipinski definition) is 2. The quantitative estimate of drug-likeness (QED) is 0.912. The first-order valence-electron chi connectivity index (χ1n) is 6.18. The number of hydrogen-bond donors (Lipinski definition) is 1. The van der Waals surface area contributed by atoms with E-state index in [1.807, 2.05) is 25.1 Å². The van der Waals surface area contributed by atoms with Crippen molar-refractivity contribution >= 4 is 23.0 Å². The molecule has 0 fully saturated rings. The molecule has 0 spiro atoms. The maximum absolute atomic E-state index is 13.0. The molecule has 0 aliphatic rings. The van der Waals surface area contributed by atoms with Gasteiger partial charge in [-0.2, -0.15) is 0 Å². The second-order valence-electron chi connectivity index (χ2n) is 4.16. The Hall–Kier alpha value is -1.58. The van der Waals surface area contributed by atoms with Crippen LogP contribution in [0.3, 0.4) is 0 Å². The summed E-state index contributed by atoms with van der Waals surface area (Å²) >= 11 is 6.18. The van der Waals surface area contributed by atoms with Gasteiger partial charge in [-0.1, -0.05) is 17.7 Å². The number of nitrogens with two attached hydrogens (primary N) is 1. The average molecular weight is 279 g/mol. The Morgan fingerprint density at radius 1 is 1.16 bits per heavy atom. The van der Waals surface area contributed by atoms with Gasteiger partial charge in [-0.15, -0.1) is 0 Å². The van der Waals surface area contributed by atoms with Crippen molar-refractivity contribution in [1.82, 2.24) is 0 Å². The normalized spacial score (nSPS) is 10.5. The summed E-state index contributed by atoms with van der Waals surface area (Å²) in [5, 5.41) is 0.653. The third-order valence-electron chi connectivity index (χ3n) is 3.04. The summed E-state index contributed by atoms with van der Waals surface area (Å²) in [6.45, 7) is 3.15. The lowest BCUT2D eigenvalue weighted by atomic mass is 10.1. The highest BCUT2D eigenvalue weighted by Crippen LogP contribution is 2.32. The molecule has 0 aliphatic carbocycles. The van der Waals surface area contributed by atoms with Gasteiger partial charge in [0.2, 0.25) is 0 Å². The lowest BCUT2D eigenvalue weighted by Crippen LogP contribution is -2.18. The Kier molecular flexibility index (Phi) is 4.40. The van der Waals surface area contributed by atoms with E-state index in [2.05, 4.69) is 4.90 Å². The molecular weight excluding hydrogens is 263 g/mol. The summed E-state index contributed by atoms with van der Waals surface area (Å²) in [5.74, 6) is -0.245. The highest BCUT2D eigenvalue weighted by atomic mass is 35.5. The van der Waals surface area contributed by atoms with Crippen LogP contribution in [0.1, 0.15) is 12.5 Å². The van der Waals surface area contributed by atoms with E-state index in [-0.39, 0.29) is 5.82 Å². The lowest BCUT2D eigenvalue weighted by Gasteiger charge is -2.26. The van der Waals surface area contributed by atoms with Crippen molar-refractivity contribution in [2.75, 3.05) is 11.4 Å². The molecule has 2 aromatic carbocycles. The first-order chi connectivity index (χ1) is 9.17. The predicted octanol–water partition coefficient (Wildman–Crippen LogP) is 4.10. The number of rotatable bonds is 4. The van der Waals surface area contributed by atoms with Crippen molar-refractivity contribution in [2.24, 2.45) is 5.73 Å². The second kappa shape index (κ2) is 6.04. The van der Waals surface area contributed by atoms with Crippen LogP contribution in [0.2, 0.25) is 5.02 Å². The largest absolute Gasteiger partial charge is 0.341 e. The minimum absolute atomic E-state index is 0.245. The van der Waals surface area contributed by atoms with Gasteiger partial charge < -0.3 is 10.6 Å². The fraction of sp³-hybridized carbons (Fsp3) is 0.200. The molecule has 100 valence electrons. The molecule has 0 heterocycles. The molecule has 0 amide bonds. The molecule has 0 atom stereocenters. The van der Waals surface area contributed by atoms with Crippen LogP contribution in [-0.4, -0.2) is 6.54 Å². The first-order valence-corrected chi connectivity index (χ1v) is 6.55. The molecule has 0 saturated heterocycles. The van der Waals surface area contributed by atoms with Gasteiger partial charge in [-0.25, -0.2) is 4.39 Å². The van der Waals surface area contributed by atoms with Crippen molar-refractivity contribution in [3.05, 3.63) is 58.9 Å². The highest BCUT2D eigenvalue weighted by Gasteiger charge is 2.13. The van der Waals surface area contributed by atoms with E-state index >= 15 is 0 Å². The van der Waals surface area contributed by atoms with E-state index in [1.54, 1.807) is 12.1 Å². The number of halogens is 2. The molecule has 4 heteroatoms. The van der Waals surface area contributed by atoms with E-state index in [9.17, 15) is 4.39 Å². The SMILES string of the molecule is CCN(c1ccc(F)cc1)c1cccc(Cl)c1CN. The fourth-order valence-electron chi connectivity index (χ4n) is 2.12. The monoisotopic (exact) mass is 278 g/mol. The van der Waals surface area contributed by atoms with E-state index in [0.717, 1.165) is 23.5 Å². The average Bonchev–Trinajstić information content (AvgIpc) is 2.42. The topological polar surface area (TPSA) is 29.3 Å². The molecule has 0 saturated carbocycles. The molecule has 2 rings (SSSR count). The van der Waals surface area contributed by atoms with E-state index in [1.165, 1.54) is 12.1 Å². The zero-order chi connectivity index (χ0) is 13.8. The summed E-state index contributed by atoms with van der Waals surface area (Å²) in [5.41, 5.74) is 8.55. The Morgan fingerprint density at radius 3 is 2.42 bits per heavy atom. The van der Waals surface area contributed by atoms with Crippen LogP contribution in [0, 0.1) is 5.82 Å². The van der Waals surface area contributed by atoms with E-state index < -0.39 is 0 Å². The lowest BCUT2D eigenvalue weighted by molar-refractivity contribution is 0.628. The Bertz CT molecular complexity index is 555. The molecule has 0 aliphatic heterocycles. The van der Waals surface area contributed by atoms with Gasteiger partial charge in [-0.05, 0) is 43.3 Å². The molecule has 0 bridgehead atoms. The van der Waals surface area contributed by atoms with E-state index in [0.29, 0.717) is 11.6 Å². The van der Waals surface area contributed by atoms with Crippen molar-refractivity contribution < 1.29 is 4.39 Å². The van der Waals surface area contributed by atoms with Crippen molar-refractivity contribution in [2.45, 2.75) is 13.5 Å². The third-order valence-corrected chi connectivity index (χ3v) is 3.40. The number of anilines is 2. The summed E-state index contributed by atoms with van der Waals surface area (Å²) in [6.07, 6.45) is 0. The van der Waals surface area contributed by atoms with Crippen molar-refractivity contribution in [3.8, 4) is 0 Å². The van der Waals surface area contributed by atoms with Gasteiger partial charge >= 0.3 is 0 Å². The van der Waals surface area contributed by atoms with Gasteiger partial charge in [0, 0.05) is 35.1 Å². The van der Waals surface area contributed by atoms with Crippen molar-refractivity contribution in [3.63, 3.8) is 0 Å². The second-order valence-corrected chi connectivity index (χ2v) is 4.57. The van der Waals surface area contributed by atoms with Crippen LogP contribution in [0.4, 0.5) is 15.8 Å². The Labute approximate surface area is 117 Å². The Morgan fingerprint density at radius 2 is 1.84 bits per heavy atom. The van der Waals surface area contributed by atoms with Crippen LogP contribution in [0.15, 0.2) is 42.5 Å². The van der Waals surface area contributed by atoms with Gasteiger partial charge in [0.25, 0.3) is 0 Å². The van der Waals surface area contributed by atoms with Gasteiger partial charge in [0.05, 0.1) is 0 Å². The van der Waals surface area contributed by atoms with Gasteiger partial charge in [-0.3, -0.25) is 0 Å². The molecule has 2 N–H and O–H groups in total. The summed E-state index contributed by atoms with van der Waals surface area (Å²) in [6, 6.07) is 12.1. The smallest absolute Gasteiger partial charge is 0.123 e. The Balaban J connectivity index is 2.48. The van der Waals surface area contributed by atoms with E-state index in [4.69, 9.17) is 17.3 Å². The van der Waals surface area contributed by atoms with Crippen LogP contribution >= 0.6 is 11.6 Å². The molecule has 2 aromatic rings. The zero-order valence-corrected chi connectivity index (χ0v) is 11.5. The highest BCUT2D eigenvalue weighted by molar-refractivity contribution is 6.31. The van der Waals surface area contributed by atoms with Crippen LogP contribution in [-0.2, 0) is 6.54 Å². The predicted molar refractivity (Wildman–Crippen MR) is 78.4 cm³/mol. The molecule has 19 heavy (non-hydrogen) atoms. The van der Waals surface area contributed by atoms with Gasteiger partial charge in [0.15, 0.2) is 0 Å². The maximum Gasteiger partial charge on any atom is 0.123 e. The fourth-order valence-corrected chi connectivity index (χ4v) is 2.36. The third kappa shape index (κ3) is 2.88. The minimum atomic E-state index is -0.245. The molecule has 0 radical (unpaired) electrons. The minimum Gasteiger partial charge on any atom is -0.341 e. The van der Waals surface area contributed by atoms with Crippen LogP contribution in [0.25, 0.3) is 0 Å².